The number of hydrogen-bond acceptors (Lipinski definition) is 4. The highest BCUT2D eigenvalue weighted by Crippen LogP contribution is 2.22. The fourth-order valence-corrected chi connectivity index (χ4v) is 1.64. The van der Waals surface area contributed by atoms with Crippen molar-refractivity contribution in [2.45, 2.75) is 32.8 Å². The first-order chi connectivity index (χ1) is 9.04. The molecule has 1 atom stereocenters. The Morgan fingerprint density at radius 3 is 2.63 bits per heavy atom. The fourth-order valence-electron chi connectivity index (χ4n) is 1.64. The minimum Gasteiger partial charge on any atom is -0.466 e. The number of ether oxygens (including phenoxy) is 1. The Morgan fingerprint density at radius 1 is 1.32 bits per heavy atom. The zero-order chi connectivity index (χ0) is 14.3. The smallest absolute Gasteiger partial charge is 0.306 e. The maximum Gasteiger partial charge on any atom is 0.306 e. The molecular formula is C14H19NO4. The minimum absolute atomic E-state index is 0.0521. The van der Waals surface area contributed by atoms with Crippen molar-refractivity contribution in [3.05, 3.63) is 29.8 Å². The van der Waals surface area contributed by atoms with Crippen molar-refractivity contribution < 1.29 is 19.4 Å². The van der Waals surface area contributed by atoms with E-state index in [1.165, 1.54) is 0 Å². The van der Waals surface area contributed by atoms with E-state index in [2.05, 4.69) is 5.32 Å². The first kappa shape index (κ1) is 15.2. The molecular weight excluding hydrogens is 246 g/mol. The highest BCUT2D eigenvalue weighted by molar-refractivity contribution is 5.93. The maximum absolute atomic E-state index is 11.7. The van der Waals surface area contributed by atoms with E-state index >= 15 is 0 Å². The molecule has 2 N–H and O–H groups in total. The summed E-state index contributed by atoms with van der Waals surface area (Å²) in [6, 6.07) is 7.01. The maximum atomic E-state index is 11.7. The van der Waals surface area contributed by atoms with Crippen LogP contribution in [0.15, 0.2) is 24.3 Å². The lowest BCUT2D eigenvalue weighted by atomic mass is 10.1. The summed E-state index contributed by atoms with van der Waals surface area (Å²) in [5.74, 6) is -0.664. The van der Waals surface area contributed by atoms with Gasteiger partial charge in [-0.2, -0.15) is 0 Å². The SMILES string of the molecule is CCOC(=O)CCC(=O)Nc1ccccc1C(C)O. The molecule has 0 radical (unpaired) electrons. The molecule has 1 unspecified atom stereocenters. The number of esters is 1. The average molecular weight is 265 g/mol. The van der Waals surface area contributed by atoms with E-state index in [0.717, 1.165) is 0 Å². The molecule has 104 valence electrons. The average Bonchev–Trinajstić information content (AvgIpc) is 2.37. The molecule has 0 saturated carbocycles. The normalized spacial score (nSPS) is 11.7. The molecule has 1 aromatic rings. The third-order valence-corrected chi connectivity index (χ3v) is 2.55. The van der Waals surface area contributed by atoms with E-state index in [4.69, 9.17) is 4.74 Å². The largest absolute Gasteiger partial charge is 0.466 e. The van der Waals surface area contributed by atoms with Gasteiger partial charge in [0.15, 0.2) is 0 Å². The van der Waals surface area contributed by atoms with Crippen LogP contribution in [0, 0.1) is 0 Å². The summed E-state index contributed by atoms with van der Waals surface area (Å²) < 4.78 is 4.75. The van der Waals surface area contributed by atoms with E-state index in [0.29, 0.717) is 17.9 Å². The second-order valence-corrected chi connectivity index (χ2v) is 4.12. The van der Waals surface area contributed by atoms with Crippen molar-refractivity contribution >= 4 is 17.6 Å². The van der Waals surface area contributed by atoms with E-state index in [1.54, 1.807) is 38.1 Å². The van der Waals surface area contributed by atoms with Crippen LogP contribution in [0.2, 0.25) is 0 Å². The zero-order valence-corrected chi connectivity index (χ0v) is 11.2. The Bertz CT molecular complexity index is 443. The van der Waals surface area contributed by atoms with Gasteiger partial charge < -0.3 is 15.2 Å². The third kappa shape index (κ3) is 5.09. The van der Waals surface area contributed by atoms with E-state index in [1.807, 2.05) is 0 Å². The third-order valence-electron chi connectivity index (χ3n) is 2.55. The molecule has 1 rings (SSSR count). The molecule has 0 bridgehead atoms. The molecule has 0 aliphatic rings. The van der Waals surface area contributed by atoms with Crippen LogP contribution in [-0.4, -0.2) is 23.6 Å². The van der Waals surface area contributed by atoms with Gasteiger partial charge in [0.25, 0.3) is 0 Å². The first-order valence-electron chi connectivity index (χ1n) is 6.27. The number of hydrogen-bond donors (Lipinski definition) is 2. The van der Waals surface area contributed by atoms with Gasteiger partial charge in [-0.3, -0.25) is 9.59 Å². The van der Waals surface area contributed by atoms with Gasteiger partial charge in [0.05, 0.1) is 19.1 Å². The highest BCUT2D eigenvalue weighted by atomic mass is 16.5. The summed E-state index contributed by atoms with van der Waals surface area (Å²) in [4.78, 5) is 22.8. The molecule has 0 saturated heterocycles. The number of anilines is 1. The van der Waals surface area contributed by atoms with Crippen LogP contribution in [0.3, 0.4) is 0 Å². The Kier molecular flexibility index (Phi) is 6.02. The lowest BCUT2D eigenvalue weighted by Crippen LogP contribution is -2.16. The summed E-state index contributed by atoms with van der Waals surface area (Å²) >= 11 is 0. The van der Waals surface area contributed by atoms with E-state index in [9.17, 15) is 14.7 Å². The molecule has 5 heteroatoms. The van der Waals surface area contributed by atoms with Crippen LogP contribution in [0.25, 0.3) is 0 Å². The number of rotatable bonds is 6. The lowest BCUT2D eigenvalue weighted by Gasteiger charge is -2.12. The van der Waals surface area contributed by atoms with Crippen molar-refractivity contribution in [1.29, 1.82) is 0 Å². The summed E-state index contributed by atoms with van der Waals surface area (Å²) in [5.41, 5.74) is 1.21. The van der Waals surface area contributed by atoms with Crippen molar-refractivity contribution in [3.8, 4) is 0 Å². The molecule has 0 fully saturated rings. The summed E-state index contributed by atoms with van der Waals surface area (Å²) in [6.07, 6.45) is -0.551. The van der Waals surface area contributed by atoms with Gasteiger partial charge in [-0.25, -0.2) is 0 Å². The van der Waals surface area contributed by atoms with Gasteiger partial charge in [0.2, 0.25) is 5.91 Å². The Balaban J connectivity index is 2.55. The summed E-state index contributed by atoms with van der Waals surface area (Å²) in [5, 5.41) is 12.3. The topological polar surface area (TPSA) is 75.6 Å². The Hall–Kier alpha value is -1.88. The molecule has 1 amide bonds. The Labute approximate surface area is 112 Å². The molecule has 5 nitrogen and oxygen atoms in total. The molecule has 0 aromatic heterocycles. The number of carbonyl (C=O) groups is 2. The number of aliphatic hydroxyl groups is 1. The number of nitrogens with one attached hydrogen (secondary N) is 1. The second-order valence-electron chi connectivity index (χ2n) is 4.12. The Morgan fingerprint density at radius 2 is 2.00 bits per heavy atom. The van der Waals surface area contributed by atoms with Gasteiger partial charge in [-0.05, 0) is 19.9 Å². The van der Waals surface area contributed by atoms with Crippen molar-refractivity contribution in [1.82, 2.24) is 0 Å². The first-order valence-corrected chi connectivity index (χ1v) is 6.27. The lowest BCUT2D eigenvalue weighted by molar-refractivity contribution is -0.144. The fraction of sp³-hybridized carbons (Fsp3) is 0.429. The van der Waals surface area contributed by atoms with Crippen LogP contribution < -0.4 is 5.32 Å². The van der Waals surface area contributed by atoms with E-state index in [-0.39, 0.29) is 24.7 Å². The standard InChI is InChI=1S/C14H19NO4/c1-3-19-14(18)9-8-13(17)15-12-7-5-4-6-11(12)10(2)16/h4-7,10,16H,3,8-9H2,1-2H3,(H,15,17). The molecule has 0 aliphatic carbocycles. The number of amides is 1. The van der Waals surface area contributed by atoms with Crippen LogP contribution >= 0.6 is 0 Å². The number of carbonyl (C=O) groups excluding carboxylic acids is 2. The number of benzene rings is 1. The predicted molar refractivity (Wildman–Crippen MR) is 71.6 cm³/mol. The van der Waals surface area contributed by atoms with E-state index < -0.39 is 6.10 Å². The van der Waals surface area contributed by atoms with Crippen molar-refractivity contribution in [2.24, 2.45) is 0 Å². The van der Waals surface area contributed by atoms with Crippen LogP contribution in [0.5, 0.6) is 0 Å². The molecule has 0 heterocycles. The van der Waals surface area contributed by atoms with Gasteiger partial charge >= 0.3 is 5.97 Å². The molecule has 1 aromatic carbocycles. The van der Waals surface area contributed by atoms with Gasteiger partial charge in [-0.15, -0.1) is 0 Å². The van der Waals surface area contributed by atoms with Gasteiger partial charge in [0.1, 0.15) is 0 Å². The predicted octanol–water partition coefficient (Wildman–Crippen LogP) is 2.02. The van der Waals surface area contributed by atoms with Crippen LogP contribution in [-0.2, 0) is 14.3 Å². The quantitative estimate of drug-likeness (QED) is 0.772. The van der Waals surface area contributed by atoms with Crippen LogP contribution in [0.4, 0.5) is 5.69 Å². The molecule has 0 spiro atoms. The zero-order valence-electron chi connectivity index (χ0n) is 11.2. The summed E-state index contributed by atoms with van der Waals surface area (Å²) in [6.45, 7) is 3.66. The van der Waals surface area contributed by atoms with Crippen molar-refractivity contribution in [3.63, 3.8) is 0 Å². The highest BCUT2D eigenvalue weighted by Gasteiger charge is 2.11. The van der Waals surface area contributed by atoms with Gasteiger partial charge in [-0.1, -0.05) is 18.2 Å². The second kappa shape index (κ2) is 7.53. The monoisotopic (exact) mass is 265 g/mol. The van der Waals surface area contributed by atoms with Crippen LogP contribution in [0.1, 0.15) is 38.4 Å². The summed E-state index contributed by atoms with van der Waals surface area (Å²) in [7, 11) is 0. The molecule has 0 aliphatic heterocycles. The van der Waals surface area contributed by atoms with Gasteiger partial charge in [0, 0.05) is 17.7 Å². The number of aliphatic hydroxyl groups excluding tert-OH is 1. The minimum atomic E-state index is -0.665. The molecule has 19 heavy (non-hydrogen) atoms. The number of para-hydroxylation sites is 1. The van der Waals surface area contributed by atoms with Crippen molar-refractivity contribution in [2.75, 3.05) is 11.9 Å².